The molecule has 9 heteroatoms. The first-order valence-corrected chi connectivity index (χ1v) is 10.2. The van der Waals surface area contributed by atoms with E-state index in [1.165, 1.54) is 6.92 Å². The summed E-state index contributed by atoms with van der Waals surface area (Å²) in [7, 11) is 0. The second-order valence-corrected chi connectivity index (χ2v) is 7.13. The van der Waals surface area contributed by atoms with Gasteiger partial charge >= 0.3 is 17.8 Å². The fourth-order valence-corrected chi connectivity index (χ4v) is 2.78. The number of esters is 1. The quantitative estimate of drug-likeness (QED) is 0.172. The Hall–Kier alpha value is -4.79. The molecular weight excluding hydrogens is 436 g/mol. The molecule has 0 bridgehead atoms. The van der Waals surface area contributed by atoms with E-state index >= 15 is 0 Å². The Morgan fingerprint density at radius 1 is 0.676 bits per heavy atom. The maximum Gasteiger partial charge on any atom is 0.343 e. The summed E-state index contributed by atoms with van der Waals surface area (Å²) >= 11 is 0. The summed E-state index contributed by atoms with van der Waals surface area (Å²) in [6.45, 7) is 3.04. The average Bonchev–Trinajstić information content (AvgIpc) is 2.84. The molecule has 3 N–H and O–H groups in total. The maximum absolute atomic E-state index is 12.1. The van der Waals surface area contributed by atoms with Crippen molar-refractivity contribution in [2.45, 2.75) is 13.8 Å². The van der Waals surface area contributed by atoms with Gasteiger partial charge in [-0.1, -0.05) is 18.2 Å². The van der Waals surface area contributed by atoms with Gasteiger partial charge in [-0.2, -0.15) is 5.10 Å². The van der Waals surface area contributed by atoms with Gasteiger partial charge < -0.3 is 15.4 Å². The minimum atomic E-state index is -0.946. The Bertz CT molecular complexity index is 1220. The van der Waals surface area contributed by atoms with Crippen LogP contribution in [-0.2, 0) is 14.4 Å². The lowest BCUT2D eigenvalue weighted by Gasteiger charge is -2.07. The molecule has 0 aliphatic carbocycles. The number of carbonyl (C=O) groups is 4. The van der Waals surface area contributed by atoms with Crippen molar-refractivity contribution in [1.29, 1.82) is 0 Å². The zero-order chi connectivity index (χ0) is 24.5. The highest BCUT2D eigenvalue weighted by Crippen LogP contribution is 2.15. The molecule has 0 atom stereocenters. The Morgan fingerprint density at radius 3 is 1.85 bits per heavy atom. The van der Waals surface area contributed by atoms with Crippen molar-refractivity contribution in [2.75, 3.05) is 10.6 Å². The topological polar surface area (TPSA) is 126 Å². The second kappa shape index (κ2) is 11.2. The molecule has 9 nitrogen and oxygen atoms in total. The number of hydrogen-bond acceptors (Lipinski definition) is 6. The van der Waals surface area contributed by atoms with Crippen LogP contribution in [0.3, 0.4) is 0 Å². The molecular formula is C25H22N4O5. The summed E-state index contributed by atoms with van der Waals surface area (Å²) in [5, 5.41) is 8.99. The molecule has 0 aromatic heterocycles. The predicted octanol–water partition coefficient (Wildman–Crippen LogP) is 3.34. The molecule has 34 heavy (non-hydrogen) atoms. The molecule has 3 aromatic carbocycles. The number of amides is 3. The van der Waals surface area contributed by atoms with E-state index in [1.807, 2.05) is 6.07 Å². The summed E-state index contributed by atoms with van der Waals surface area (Å²) in [5.74, 6) is -2.17. The van der Waals surface area contributed by atoms with Crippen LogP contribution in [0.15, 0.2) is 84.0 Å². The Kier molecular flexibility index (Phi) is 7.85. The van der Waals surface area contributed by atoms with E-state index in [1.54, 1.807) is 79.7 Å². The Balaban J connectivity index is 1.53. The van der Waals surface area contributed by atoms with Gasteiger partial charge in [-0.25, -0.2) is 10.2 Å². The van der Waals surface area contributed by atoms with E-state index in [4.69, 9.17) is 4.74 Å². The SMILES string of the molecule is CC(=O)Nc1ccc(NC(=O)C(=O)N/N=C(\C)c2ccc(OC(=O)c3ccccc3)cc2)cc1. The first kappa shape index (κ1) is 23.9. The van der Waals surface area contributed by atoms with Crippen molar-refractivity contribution in [3.8, 4) is 5.75 Å². The lowest BCUT2D eigenvalue weighted by molar-refractivity contribution is -0.136. The number of rotatable bonds is 6. The zero-order valence-corrected chi connectivity index (χ0v) is 18.5. The van der Waals surface area contributed by atoms with Crippen molar-refractivity contribution in [2.24, 2.45) is 5.10 Å². The summed E-state index contributed by atoms with van der Waals surface area (Å²) in [4.78, 5) is 47.3. The van der Waals surface area contributed by atoms with Gasteiger partial charge in [0.25, 0.3) is 0 Å². The monoisotopic (exact) mass is 458 g/mol. The van der Waals surface area contributed by atoms with Crippen molar-refractivity contribution in [1.82, 2.24) is 5.43 Å². The number of ether oxygens (including phenoxy) is 1. The second-order valence-electron chi connectivity index (χ2n) is 7.13. The molecule has 0 fully saturated rings. The summed E-state index contributed by atoms with van der Waals surface area (Å²) in [5.41, 5.74) is 4.70. The van der Waals surface area contributed by atoms with Gasteiger partial charge in [0.2, 0.25) is 5.91 Å². The summed E-state index contributed by atoms with van der Waals surface area (Å²) in [6, 6.07) is 21.5. The van der Waals surface area contributed by atoms with Gasteiger partial charge in [0, 0.05) is 18.3 Å². The van der Waals surface area contributed by atoms with Crippen LogP contribution < -0.4 is 20.8 Å². The van der Waals surface area contributed by atoms with Crippen LogP contribution >= 0.6 is 0 Å². The average molecular weight is 458 g/mol. The van der Waals surface area contributed by atoms with Crippen LogP contribution in [0.4, 0.5) is 11.4 Å². The normalized spacial score (nSPS) is 10.7. The van der Waals surface area contributed by atoms with Gasteiger partial charge in [0.15, 0.2) is 0 Å². The fraction of sp³-hybridized carbons (Fsp3) is 0.0800. The first-order valence-electron chi connectivity index (χ1n) is 10.2. The number of anilines is 2. The van der Waals surface area contributed by atoms with Gasteiger partial charge in [-0.3, -0.25) is 14.4 Å². The highest BCUT2D eigenvalue weighted by Gasteiger charge is 2.14. The number of hydrazone groups is 1. The van der Waals surface area contributed by atoms with E-state index in [2.05, 4.69) is 21.2 Å². The van der Waals surface area contributed by atoms with Gasteiger partial charge in [0.1, 0.15) is 5.75 Å². The molecule has 0 saturated carbocycles. The number of nitrogens with zero attached hydrogens (tertiary/aromatic N) is 1. The number of hydrogen-bond donors (Lipinski definition) is 3. The molecule has 0 aliphatic rings. The molecule has 0 radical (unpaired) electrons. The number of carbonyl (C=O) groups excluding carboxylic acids is 4. The van der Waals surface area contributed by atoms with Gasteiger partial charge in [-0.15, -0.1) is 0 Å². The van der Waals surface area contributed by atoms with E-state index in [9.17, 15) is 19.2 Å². The predicted molar refractivity (Wildman–Crippen MR) is 128 cm³/mol. The zero-order valence-electron chi connectivity index (χ0n) is 18.5. The minimum absolute atomic E-state index is 0.216. The molecule has 0 spiro atoms. The van der Waals surface area contributed by atoms with Gasteiger partial charge in [0.05, 0.1) is 11.3 Å². The minimum Gasteiger partial charge on any atom is -0.423 e. The van der Waals surface area contributed by atoms with Crippen LogP contribution in [0.5, 0.6) is 5.75 Å². The van der Waals surface area contributed by atoms with Crippen molar-refractivity contribution < 1.29 is 23.9 Å². The van der Waals surface area contributed by atoms with Gasteiger partial charge in [-0.05, 0) is 73.2 Å². The molecule has 0 saturated heterocycles. The third-order valence-electron chi connectivity index (χ3n) is 4.49. The third kappa shape index (κ3) is 6.86. The highest BCUT2D eigenvalue weighted by molar-refractivity contribution is 6.39. The molecule has 0 heterocycles. The highest BCUT2D eigenvalue weighted by atomic mass is 16.5. The molecule has 3 rings (SSSR count). The van der Waals surface area contributed by atoms with Crippen LogP contribution in [0.2, 0.25) is 0 Å². The Morgan fingerprint density at radius 2 is 1.26 bits per heavy atom. The standard InChI is InChI=1S/C25H22N4O5/c1-16(18-8-14-22(15-9-18)34-25(33)19-6-4-3-5-7-19)28-29-24(32)23(31)27-21-12-10-20(11-13-21)26-17(2)30/h3-15H,1-2H3,(H,26,30)(H,27,31)(H,29,32)/b28-16+. The van der Waals surface area contributed by atoms with E-state index in [0.717, 1.165) is 0 Å². The molecule has 3 aromatic rings. The van der Waals surface area contributed by atoms with Crippen LogP contribution in [0.1, 0.15) is 29.8 Å². The van der Waals surface area contributed by atoms with E-state index < -0.39 is 17.8 Å². The molecule has 172 valence electrons. The Labute approximate surface area is 195 Å². The first-order chi connectivity index (χ1) is 16.3. The summed E-state index contributed by atoms with van der Waals surface area (Å²) < 4.78 is 5.33. The van der Waals surface area contributed by atoms with Crippen LogP contribution in [0, 0.1) is 0 Å². The molecule has 0 aliphatic heterocycles. The van der Waals surface area contributed by atoms with Crippen LogP contribution in [0.25, 0.3) is 0 Å². The molecule has 0 unspecified atom stereocenters. The number of benzene rings is 3. The lowest BCUT2D eigenvalue weighted by Crippen LogP contribution is -2.32. The van der Waals surface area contributed by atoms with Crippen molar-refractivity contribution in [3.63, 3.8) is 0 Å². The van der Waals surface area contributed by atoms with E-state index in [0.29, 0.717) is 34.0 Å². The largest absolute Gasteiger partial charge is 0.423 e. The summed E-state index contributed by atoms with van der Waals surface area (Å²) in [6.07, 6.45) is 0. The van der Waals surface area contributed by atoms with Crippen molar-refractivity contribution in [3.05, 3.63) is 90.0 Å². The third-order valence-corrected chi connectivity index (χ3v) is 4.49. The van der Waals surface area contributed by atoms with Crippen LogP contribution in [-0.4, -0.2) is 29.4 Å². The lowest BCUT2D eigenvalue weighted by atomic mass is 10.1. The van der Waals surface area contributed by atoms with E-state index in [-0.39, 0.29) is 5.91 Å². The fourth-order valence-electron chi connectivity index (χ4n) is 2.78. The smallest absolute Gasteiger partial charge is 0.343 e. The van der Waals surface area contributed by atoms with Crippen molar-refractivity contribution >= 4 is 40.8 Å². The maximum atomic E-state index is 12.1. The molecule has 3 amide bonds. The number of nitrogens with one attached hydrogen (secondary N) is 3.